The molecule has 0 aliphatic carbocycles. The monoisotopic (exact) mass is 333 g/mol. The van der Waals surface area contributed by atoms with Crippen molar-refractivity contribution in [3.63, 3.8) is 0 Å². The Morgan fingerprint density at radius 2 is 2.17 bits per heavy atom. The number of phenolic OH excluding ortho intramolecular Hbond substituents is 1. The maximum atomic E-state index is 12.3. The van der Waals surface area contributed by atoms with E-state index < -0.39 is 0 Å². The standard InChI is InChI=1S/C13H17BrClNO2/c1-2-3-7-16(8-6-14)13(18)11-9-10(15)4-5-12(11)17/h4-5,9,17H,2-3,6-8H2,1H3. The van der Waals surface area contributed by atoms with E-state index in [2.05, 4.69) is 22.9 Å². The zero-order valence-electron chi connectivity index (χ0n) is 10.3. The van der Waals surface area contributed by atoms with Gasteiger partial charge in [0.15, 0.2) is 0 Å². The molecule has 0 atom stereocenters. The molecule has 100 valence electrons. The van der Waals surface area contributed by atoms with Crippen LogP contribution in [0.4, 0.5) is 0 Å². The van der Waals surface area contributed by atoms with Gasteiger partial charge in [0.1, 0.15) is 5.75 Å². The van der Waals surface area contributed by atoms with E-state index in [4.69, 9.17) is 11.6 Å². The molecule has 0 aliphatic heterocycles. The van der Waals surface area contributed by atoms with E-state index in [1.807, 2.05) is 0 Å². The molecule has 0 fully saturated rings. The number of carbonyl (C=O) groups excluding carboxylic acids is 1. The van der Waals surface area contributed by atoms with E-state index in [9.17, 15) is 9.90 Å². The lowest BCUT2D eigenvalue weighted by molar-refractivity contribution is 0.0761. The maximum Gasteiger partial charge on any atom is 0.257 e. The molecule has 1 aromatic carbocycles. The number of carbonyl (C=O) groups is 1. The molecule has 0 heterocycles. The zero-order valence-corrected chi connectivity index (χ0v) is 12.7. The minimum Gasteiger partial charge on any atom is -0.507 e. The quantitative estimate of drug-likeness (QED) is 0.806. The lowest BCUT2D eigenvalue weighted by Crippen LogP contribution is -2.33. The Bertz CT molecular complexity index is 412. The van der Waals surface area contributed by atoms with E-state index in [1.54, 1.807) is 11.0 Å². The summed E-state index contributed by atoms with van der Waals surface area (Å²) in [6.07, 6.45) is 1.97. The SMILES string of the molecule is CCCCN(CCBr)C(=O)c1cc(Cl)ccc1O. The van der Waals surface area contributed by atoms with E-state index >= 15 is 0 Å². The van der Waals surface area contributed by atoms with Crippen LogP contribution in [0.1, 0.15) is 30.1 Å². The fourth-order valence-corrected chi connectivity index (χ4v) is 2.22. The number of amides is 1. The van der Waals surface area contributed by atoms with Crippen LogP contribution in [0.5, 0.6) is 5.75 Å². The fourth-order valence-electron chi connectivity index (χ4n) is 1.62. The highest BCUT2D eigenvalue weighted by Crippen LogP contribution is 2.23. The highest BCUT2D eigenvalue weighted by molar-refractivity contribution is 9.09. The van der Waals surface area contributed by atoms with E-state index in [0.29, 0.717) is 23.4 Å². The van der Waals surface area contributed by atoms with Gasteiger partial charge in [0, 0.05) is 23.4 Å². The second-order valence-corrected chi connectivity index (χ2v) is 5.23. The lowest BCUT2D eigenvalue weighted by atomic mass is 10.1. The molecule has 18 heavy (non-hydrogen) atoms. The third kappa shape index (κ3) is 4.18. The molecule has 1 aromatic rings. The number of halogens is 2. The number of hydrogen-bond acceptors (Lipinski definition) is 2. The number of alkyl halides is 1. The minimum atomic E-state index is -0.178. The fraction of sp³-hybridized carbons (Fsp3) is 0.462. The van der Waals surface area contributed by atoms with Crippen LogP contribution in [0, 0.1) is 0 Å². The van der Waals surface area contributed by atoms with Crippen LogP contribution in [-0.2, 0) is 0 Å². The molecular formula is C13H17BrClNO2. The van der Waals surface area contributed by atoms with Gasteiger partial charge in [0.05, 0.1) is 5.56 Å². The van der Waals surface area contributed by atoms with Gasteiger partial charge in [0.25, 0.3) is 5.91 Å². The van der Waals surface area contributed by atoms with Gasteiger partial charge in [-0.2, -0.15) is 0 Å². The van der Waals surface area contributed by atoms with Crippen molar-refractivity contribution in [3.05, 3.63) is 28.8 Å². The molecule has 0 bridgehead atoms. The normalized spacial score (nSPS) is 10.4. The van der Waals surface area contributed by atoms with Crippen LogP contribution in [0.25, 0.3) is 0 Å². The van der Waals surface area contributed by atoms with Crippen molar-refractivity contribution in [2.75, 3.05) is 18.4 Å². The first kappa shape index (κ1) is 15.3. The van der Waals surface area contributed by atoms with Gasteiger partial charge in [0.2, 0.25) is 0 Å². The van der Waals surface area contributed by atoms with Gasteiger partial charge < -0.3 is 10.0 Å². The summed E-state index contributed by atoms with van der Waals surface area (Å²) in [5, 5.41) is 10.9. The zero-order chi connectivity index (χ0) is 13.5. The molecule has 1 N–H and O–H groups in total. The molecule has 0 unspecified atom stereocenters. The molecule has 1 rings (SSSR count). The Hall–Kier alpha value is -0.740. The Morgan fingerprint density at radius 1 is 1.44 bits per heavy atom. The topological polar surface area (TPSA) is 40.5 Å². The second kappa shape index (κ2) is 7.64. The van der Waals surface area contributed by atoms with Crippen molar-refractivity contribution in [1.29, 1.82) is 0 Å². The lowest BCUT2D eigenvalue weighted by Gasteiger charge is -2.22. The molecule has 3 nitrogen and oxygen atoms in total. The van der Waals surface area contributed by atoms with E-state index in [1.165, 1.54) is 12.1 Å². The second-order valence-electron chi connectivity index (χ2n) is 4.00. The highest BCUT2D eigenvalue weighted by Gasteiger charge is 2.18. The van der Waals surface area contributed by atoms with Crippen molar-refractivity contribution >= 4 is 33.4 Å². The van der Waals surface area contributed by atoms with Gasteiger partial charge >= 0.3 is 0 Å². The Balaban J connectivity index is 2.90. The van der Waals surface area contributed by atoms with Gasteiger partial charge in [-0.05, 0) is 24.6 Å². The van der Waals surface area contributed by atoms with Crippen molar-refractivity contribution in [3.8, 4) is 5.75 Å². The van der Waals surface area contributed by atoms with Crippen molar-refractivity contribution in [2.24, 2.45) is 0 Å². The Labute approximate surface area is 121 Å². The van der Waals surface area contributed by atoms with Crippen LogP contribution in [-0.4, -0.2) is 34.3 Å². The predicted molar refractivity (Wildman–Crippen MR) is 77.7 cm³/mol. The number of aromatic hydroxyl groups is 1. The summed E-state index contributed by atoms with van der Waals surface area (Å²) in [6.45, 7) is 3.38. The number of rotatable bonds is 6. The first-order valence-corrected chi connectivity index (χ1v) is 7.43. The van der Waals surface area contributed by atoms with E-state index in [-0.39, 0.29) is 17.2 Å². The average molecular weight is 335 g/mol. The van der Waals surface area contributed by atoms with Crippen LogP contribution in [0.15, 0.2) is 18.2 Å². The van der Waals surface area contributed by atoms with Gasteiger partial charge in [-0.1, -0.05) is 40.9 Å². The van der Waals surface area contributed by atoms with Crippen molar-refractivity contribution in [1.82, 2.24) is 4.90 Å². The summed E-state index contributed by atoms with van der Waals surface area (Å²) in [4.78, 5) is 14.0. The van der Waals surface area contributed by atoms with Crippen molar-refractivity contribution < 1.29 is 9.90 Å². The van der Waals surface area contributed by atoms with Crippen molar-refractivity contribution in [2.45, 2.75) is 19.8 Å². The van der Waals surface area contributed by atoms with Crippen LogP contribution in [0.3, 0.4) is 0 Å². The van der Waals surface area contributed by atoms with Crippen LogP contribution < -0.4 is 0 Å². The molecule has 1 amide bonds. The van der Waals surface area contributed by atoms with Gasteiger partial charge in [-0.15, -0.1) is 0 Å². The first-order valence-electron chi connectivity index (χ1n) is 5.94. The van der Waals surface area contributed by atoms with Gasteiger partial charge in [-0.3, -0.25) is 4.79 Å². The summed E-state index contributed by atoms with van der Waals surface area (Å²) >= 11 is 9.19. The third-order valence-corrected chi connectivity index (χ3v) is 3.20. The van der Waals surface area contributed by atoms with Gasteiger partial charge in [-0.25, -0.2) is 0 Å². The summed E-state index contributed by atoms with van der Waals surface area (Å²) in [7, 11) is 0. The predicted octanol–water partition coefficient (Wildman–Crippen LogP) is 3.68. The summed E-state index contributed by atoms with van der Waals surface area (Å²) < 4.78 is 0. The first-order chi connectivity index (χ1) is 8.60. The van der Waals surface area contributed by atoms with Crippen LogP contribution >= 0.6 is 27.5 Å². The summed E-state index contributed by atoms with van der Waals surface area (Å²) in [5.41, 5.74) is 0.263. The summed E-state index contributed by atoms with van der Waals surface area (Å²) in [5.74, 6) is -0.205. The average Bonchev–Trinajstić information content (AvgIpc) is 2.36. The summed E-state index contributed by atoms with van der Waals surface area (Å²) in [6, 6.07) is 4.52. The molecule has 0 radical (unpaired) electrons. The molecular weight excluding hydrogens is 318 g/mol. The molecule has 0 saturated heterocycles. The Kier molecular flexibility index (Phi) is 6.50. The highest BCUT2D eigenvalue weighted by atomic mass is 79.9. The molecule has 0 aliphatic rings. The smallest absolute Gasteiger partial charge is 0.257 e. The molecule has 5 heteroatoms. The number of nitrogens with zero attached hydrogens (tertiary/aromatic N) is 1. The van der Waals surface area contributed by atoms with Crippen LogP contribution in [0.2, 0.25) is 5.02 Å². The number of benzene rings is 1. The number of unbranched alkanes of at least 4 members (excludes halogenated alkanes) is 1. The largest absolute Gasteiger partial charge is 0.507 e. The third-order valence-electron chi connectivity index (χ3n) is 2.61. The molecule has 0 aromatic heterocycles. The minimum absolute atomic E-state index is 0.0273. The van der Waals surface area contributed by atoms with E-state index in [0.717, 1.165) is 12.8 Å². The Morgan fingerprint density at radius 3 is 2.78 bits per heavy atom. The maximum absolute atomic E-state index is 12.3. The molecule has 0 spiro atoms. The number of hydrogen-bond donors (Lipinski definition) is 1. The number of phenols is 1. The molecule has 0 saturated carbocycles.